The first-order chi connectivity index (χ1) is 11.4. The Kier molecular flexibility index (Phi) is 4.18. The van der Waals surface area contributed by atoms with Gasteiger partial charge in [-0.25, -0.2) is 0 Å². The number of aliphatic carboxylic acids is 1. The Hall–Kier alpha value is -2.56. The summed E-state index contributed by atoms with van der Waals surface area (Å²) in [5, 5.41) is 9.82. The van der Waals surface area contributed by atoms with E-state index in [0.717, 1.165) is 16.8 Å². The average molecular weight is 326 g/mol. The number of hydrogen-bond donors (Lipinski definition) is 2. The second-order valence-electron chi connectivity index (χ2n) is 6.56. The number of hydrogen-bond acceptors (Lipinski definition) is 2. The summed E-state index contributed by atoms with van der Waals surface area (Å²) >= 11 is 0. The molecule has 126 valence electrons. The Morgan fingerprint density at radius 2 is 1.75 bits per heavy atom. The minimum absolute atomic E-state index is 0.0485. The number of carboxylic acids is 1. The molecule has 3 rings (SSSR count). The predicted molar refractivity (Wildman–Crippen MR) is 91.2 cm³/mol. The maximum atomic E-state index is 12.7. The van der Waals surface area contributed by atoms with Crippen molar-refractivity contribution in [2.24, 2.45) is 0 Å². The molecule has 2 heterocycles. The predicted octanol–water partition coefficient (Wildman–Crippen LogP) is 2.89. The van der Waals surface area contributed by atoms with Crippen molar-refractivity contribution in [3.8, 4) is 0 Å². The molecule has 0 bridgehead atoms. The number of aromatic amines is 1. The average Bonchev–Trinajstić information content (AvgIpc) is 2.93. The van der Waals surface area contributed by atoms with Gasteiger partial charge in [0.1, 0.15) is 5.69 Å². The van der Waals surface area contributed by atoms with E-state index in [1.54, 1.807) is 4.90 Å². The number of amides is 1. The molecule has 1 aliphatic rings. The Bertz CT molecular complexity index is 756. The number of aromatic nitrogens is 1. The summed E-state index contributed by atoms with van der Waals surface area (Å²) in [5.41, 5.74) is 2.40. The van der Waals surface area contributed by atoms with E-state index in [2.05, 4.69) is 4.98 Å². The maximum Gasteiger partial charge on any atom is 0.314 e. The number of piperidine rings is 1. The molecule has 1 amide bonds. The zero-order valence-electron chi connectivity index (χ0n) is 14.0. The van der Waals surface area contributed by atoms with Gasteiger partial charge >= 0.3 is 5.97 Å². The first-order valence-corrected chi connectivity index (χ1v) is 8.18. The lowest BCUT2D eigenvalue weighted by atomic mass is 9.73. The fraction of sp³-hybridized carbons (Fsp3) is 0.368. The minimum Gasteiger partial charge on any atom is -0.481 e. The van der Waals surface area contributed by atoms with Crippen molar-refractivity contribution in [2.75, 3.05) is 13.1 Å². The summed E-state index contributed by atoms with van der Waals surface area (Å²) in [7, 11) is 0. The lowest BCUT2D eigenvalue weighted by molar-refractivity contribution is -0.145. The van der Waals surface area contributed by atoms with E-state index in [4.69, 9.17) is 0 Å². The lowest BCUT2D eigenvalue weighted by Gasteiger charge is -2.39. The van der Waals surface area contributed by atoms with Gasteiger partial charge in [0, 0.05) is 18.8 Å². The largest absolute Gasteiger partial charge is 0.481 e. The number of carboxylic acid groups (broad SMARTS) is 1. The third-order valence-electron chi connectivity index (χ3n) is 5.00. The van der Waals surface area contributed by atoms with Gasteiger partial charge in [0.2, 0.25) is 0 Å². The van der Waals surface area contributed by atoms with E-state index in [9.17, 15) is 14.7 Å². The second-order valence-corrected chi connectivity index (χ2v) is 6.56. The van der Waals surface area contributed by atoms with E-state index in [1.807, 2.05) is 50.2 Å². The third-order valence-corrected chi connectivity index (χ3v) is 5.00. The Balaban J connectivity index is 1.80. The summed E-state index contributed by atoms with van der Waals surface area (Å²) < 4.78 is 0. The van der Waals surface area contributed by atoms with Crippen LogP contribution in [0.4, 0.5) is 0 Å². The summed E-state index contributed by atoms with van der Waals surface area (Å²) in [6.45, 7) is 4.71. The number of nitrogens with zero attached hydrogens (tertiary/aromatic N) is 1. The van der Waals surface area contributed by atoms with Gasteiger partial charge in [-0.1, -0.05) is 30.3 Å². The fourth-order valence-electron chi connectivity index (χ4n) is 3.58. The molecule has 2 aromatic rings. The zero-order chi connectivity index (χ0) is 17.3. The van der Waals surface area contributed by atoms with Crippen molar-refractivity contribution in [1.29, 1.82) is 0 Å². The Morgan fingerprint density at radius 1 is 1.12 bits per heavy atom. The molecule has 0 unspecified atom stereocenters. The zero-order valence-corrected chi connectivity index (χ0v) is 14.0. The molecule has 2 N–H and O–H groups in total. The van der Waals surface area contributed by atoms with Crippen LogP contribution >= 0.6 is 0 Å². The lowest BCUT2D eigenvalue weighted by Crippen LogP contribution is -2.49. The molecule has 0 aliphatic carbocycles. The van der Waals surface area contributed by atoms with Crippen LogP contribution in [0.2, 0.25) is 0 Å². The van der Waals surface area contributed by atoms with Crippen molar-refractivity contribution in [1.82, 2.24) is 9.88 Å². The standard InChI is InChI=1S/C19H22N2O3/c1-13-12-14(2)20-16(13)17(22)21-10-8-19(9-11-21,18(23)24)15-6-4-3-5-7-15/h3-7,12,20H,8-11H2,1-2H3,(H,23,24). The first-order valence-electron chi connectivity index (χ1n) is 8.18. The molecule has 0 spiro atoms. The highest BCUT2D eigenvalue weighted by atomic mass is 16.4. The molecule has 1 aromatic heterocycles. The van der Waals surface area contributed by atoms with Gasteiger partial charge in [-0.3, -0.25) is 9.59 Å². The summed E-state index contributed by atoms with van der Waals surface area (Å²) in [6, 6.07) is 11.3. The number of aryl methyl sites for hydroxylation is 2. The number of nitrogens with one attached hydrogen (secondary N) is 1. The molecule has 24 heavy (non-hydrogen) atoms. The van der Waals surface area contributed by atoms with Gasteiger partial charge in [0.15, 0.2) is 0 Å². The van der Waals surface area contributed by atoms with Crippen molar-refractivity contribution in [3.05, 3.63) is 58.9 Å². The Morgan fingerprint density at radius 3 is 2.25 bits per heavy atom. The highest BCUT2D eigenvalue weighted by molar-refractivity contribution is 5.94. The molecular formula is C19H22N2O3. The number of rotatable bonds is 3. The fourth-order valence-corrected chi connectivity index (χ4v) is 3.58. The summed E-state index contributed by atoms with van der Waals surface area (Å²) in [4.78, 5) is 29.5. The number of carbonyl (C=O) groups is 2. The van der Waals surface area contributed by atoms with Crippen LogP contribution in [0.1, 0.15) is 40.2 Å². The molecule has 1 fully saturated rings. The molecular weight excluding hydrogens is 304 g/mol. The maximum absolute atomic E-state index is 12.7. The van der Waals surface area contributed by atoms with Crippen LogP contribution < -0.4 is 0 Å². The van der Waals surface area contributed by atoms with Crippen molar-refractivity contribution < 1.29 is 14.7 Å². The summed E-state index contributed by atoms with van der Waals surface area (Å²) in [6.07, 6.45) is 0.855. The van der Waals surface area contributed by atoms with Gasteiger partial charge in [0.05, 0.1) is 5.41 Å². The second kappa shape index (κ2) is 6.15. The van der Waals surface area contributed by atoms with Gasteiger partial charge < -0.3 is 15.0 Å². The van der Waals surface area contributed by atoms with Crippen LogP contribution in [0, 0.1) is 13.8 Å². The summed E-state index contributed by atoms with van der Waals surface area (Å²) in [5.74, 6) is -0.861. The van der Waals surface area contributed by atoms with E-state index >= 15 is 0 Å². The molecule has 5 heteroatoms. The normalized spacial score (nSPS) is 16.8. The molecule has 1 aromatic carbocycles. The molecule has 0 saturated carbocycles. The number of benzene rings is 1. The van der Waals surface area contributed by atoms with E-state index in [-0.39, 0.29) is 5.91 Å². The quantitative estimate of drug-likeness (QED) is 0.911. The third kappa shape index (κ3) is 2.70. The molecule has 1 aliphatic heterocycles. The molecule has 0 radical (unpaired) electrons. The van der Waals surface area contributed by atoms with Gasteiger partial charge in [0.25, 0.3) is 5.91 Å². The minimum atomic E-state index is -0.904. The van der Waals surface area contributed by atoms with Crippen molar-refractivity contribution in [3.63, 3.8) is 0 Å². The smallest absolute Gasteiger partial charge is 0.314 e. The number of carbonyl (C=O) groups excluding carboxylic acids is 1. The van der Waals surface area contributed by atoms with E-state index < -0.39 is 11.4 Å². The molecule has 5 nitrogen and oxygen atoms in total. The number of H-pyrrole nitrogens is 1. The Labute approximate surface area is 141 Å². The molecule has 1 saturated heterocycles. The van der Waals surface area contributed by atoms with E-state index in [1.165, 1.54) is 0 Å². The van der Waals surface area contributed by atoms with Gasteiger partial charge in [-0.15, -0.1) is 0 Å². The first kappa shape index (κ1) is 16.3. The van der Waals surface area contributed by atoms with E-state index in [0.29, 0.717) is 31.6 Å². The van der Waals surface area contributed by atoms with Crippen LogP contribution in [-0.2, 0) is 10.2 Å². The highest BCUT2D eigenvalue weighted by Gasteiger charge is 2.44. The topological polar surface area (TPSA) is 73.4 Å². The van der Waals surface area contributed by atoms with Crippen LogP contribution in [-0.4, -0.2) is 40.0 Å². The van der Waals surface area contributed by atoms with Gasteiger partial charge in [-0.05, 0) is 43.9 Å². The monoisotopic (exact) mass is 326 g/mol. The SMILES string of the molecule is Cc1cc(C)c(C(=O)N2CCC(C(=O)O)(c3ccccc3)CC2)[nH]1. The highest BCUT2D eigenvalue weighted by Crippen LogP contribution is 2.36. The van der Waals surface area contributed by atoms with Crippen molar-refractivity contribution in [2.45, 2.75) is 32.1 Å². The van der Waals surface area contributed by atoms with Crippen LogP contribution in [0.3, 0.4) is 0 Å². The van der Waals surface area contributed by atoms with Crippen LogP contribution in [0.25, 0.3) is 0 Å². The van der Waals surface area contributed by atoms with Crippen LogP contribution in [0.5, 0.6) is 0 Å². The van der Waals surface area contributed by atoms with Crippen molar-refractivity contribution >= 4 is 11.9 Å². The molecule has 0 atom stereocenters. The van der Waals surface area contributed by atoms with Gasteiger partial charge in [-0.2, -0.15) is 0 Å². The van der Waals surface area contributed by atoms with Crippen LogP contribution in [0.15, 0.2) is 36.4 Å². The number of likely N-dealkylation sites (tertiary alicyclic amines) is 1.